The van der Waals surface area contributed by atoms with Crippen molar-refractivity contribution in [2.75, 3.05) is 32.7 Å². The second kappa shape index (κ2) is 6.37. The molecule has 7 nitrogen and oxygen atoms in total. The van der Waals surface area contributed by atoms with Crippen molar-refractivity contribution in [2.24, 2.45) is 10.9 Å². The molecule has 1 fully saturated rings. The number of rotatable bonds is 4. The van der Waals surface area contributed by atoms with Crippen LogP contribution in [0.3, 0.4) is 0 Å². The molecule has 1 aliphatic heterocycles. The average Bonchev–Trinajstić information content (AvgIpc) is 2.48. The largest absolute Gasteiger partial charge is 0.409 e. The molecule has 1 heterocycles. The van der Waals surface area contributed by atoms with E-state index in [1.54, 1.807) is 0 Å². The molecular weight excluding hydrogens is 299 g/mol. The van der Waals surface area contributed by atoms with Gasteiger partial charge in [-0.2, -0.15) is 4.31 Å². The summed E-state index contributed by atoms with van der Waals surface area (Å²) in [6.45, 7) is 1.60. The number of nitrogens with two attached hydrogens (primary N) is 1. The maximum absolute atomic E-state index is 13.7. The van der Waals surface area contributed by atoms with Crippen LogP contribution in [0.25, 0.3) is 0 Å². The van der Waals surface area contributed by atoms with E-state index >= 15 is 0 Å². The van der Waals surface area contributed by atoms with Crippen molar-refractivity contribution in [1.29, 1.82) is 0 Å². The van der Waals surface area contributed by atoms with E-state index in [-0.39, 0.29) is 30.4 Å². The minimum Gasteiger partial charge on any atom is -0.409 e. The van der Waals surface area contributed by atoms with Crippen molar-refractivity contribution >= 4 is 15.9 Å². The van der Waals surface area contributed by atoms with Crippen molar-refractivity contribution in [2.45, 2.75) is 4.90 Å². The molecular formula is C12H17FN4O3S. The van der Waals surface area contributed by atoms with Gasteiger partial charge in [-0.1, -0.05) is 17.3 Å². The first-order valence-corrected chi connectivity index (χ1v) is 7.82. The van der Waals surface area contributed by atoms with E-state index in [1.807, 2.05) is 4.90 Å². The maximum Gasteiger partial charge on any atom is 0.246 e. The fourth-order valence-corrected chi connectivity index (χ4v) is 3.67. The molecule has 1 aliphatic rings. The summed E-state index contributed by atoms with van der Waals surface area (Å²) in [7, 11) is -3.83. The van der Waals surface area contributed by atoms with E-state index in [2.05, 4.69) is 5.16 Å². The lowest BCUT2D eigenvalue weighted by Crippen LogP contribution is -2.50. The van der Waals surface area contributed by atoms with E-state index < -0.39 is 15.8 Å². The summed E-state index contributed by atoms with van der Waals surface area (Å²) in [4.78, 5) is 1.55. The van der Waals surface area contributed by atoms with Crippen LogP contribution in [0, 0.1) is 5.82 Å². The highest BCUT2D eigenvalue weighted by Gasteiger charge is 2.30. The predicted molar refractivity (Wildman–Crippen MR) is 75.0 cm³/mol. The van der Waals surface area contributed by atoms with Crippen LogP contribution in [0.15, 0.2) is 34.3 Å². The normalized spacial score (nSPS) is 18.8. The maximum atomic E-state index is 13.7. The van der Waals surface area contributed by atoms with Crippen LogP contribution in [-0.2, 0) is 10.0 Å². The Hall–Kier alpha value is -1.71. The number of sulfonamides is 1. The molecule has 0 aromatic heterocycles. The lowest BCUT2D eigenvalue weighted by atomic mass is 10.3. The Morgan fingerprint density at radius 3 is 2.48 bits per heavy atom. The number of hydrogen-bond donors (Lipinski definition) is 2. The molecule has 0 aliphatic carbocycles. The second-order valence-corrected chi connectivity index (χ2v) is 6.61. The third-order valence-electron chi connectivity index (χ3n) is 3.30. The van der Waals surface area contributed by atoms with Crippen LogP contribution in [0.5, 0.6) is 0 Å². The molecule has 1 saturated heterocycles. The minimum atomic E-state index is -3.83. The third-order valence-corrected chi connectivity index (χ3v) is 5.23. The first-order valence-electron chi connectivity index (χ1n) is 6.38. The van der Waals surface area contributed by atoms with E-state index in [4.69, 9.17) is 10.9 Å². The van der Waals surface area contributed by atoms with Crippen molar-refractivity contribution < 1.29 is 18.0 Å². The molecule has 0 radical (unpaired) electrons. The zero-order valence-electron chi connectivity index (χ0n) is 11.3. The van der Waals surface area contributed by atoms with Crippen LogP contribution >= 0.6 is 0 Å². The molecule has 0 saturated carbocycles. The summed E-state index contributed by atoms with van der Waals surface area (Å²) in [5.41, 5.74) is 5.41. The van der Waals surface area contributed by atoms with Crippen LogP contribution in [0.4, 0.5) is 4.39 Å². The number of oxime groups is 1. The van der Waals surface area contributed by atoms with E-state index in [1.165, 1.54) is 22.5 Å². The highest BCUT2D eigenvalue weighted by atomic mass is 32.2. The SMILES string of the molecule is NC(CN1CCN(S(=O)(=O)c2ccccc2F)CC1)=NO. The Bertz CT molecular complexity index is 627. The highest BCUT2D eigenvalue weighted by Crippen LogP contribution is 2.20. The van der Waals surface area contributed by atoms with Crippen LogP contribution in [0.2, 0.25) is 0 Å². The molecule has 21 heavy (non-hydrogen) atoms. The van der Waals surface area contributed by atoms with Gasteiger partial charge in [-0.05, 0) is 12.1 Å². The van der Waals surface area contributed by atoms with Gasteiger partial charge in [0.05, 0.1) is 6.54 Å². The van der Waals surface area contributed by atoms with Gasteiger partial charge in [0.15, 0.2) is 5.84 Å². The van der Waals surface area contributed by atoms with Crippen molar-refractivity contribution in [1.82, 2.24) is 9.21 Å². The monoisotopic (exact) mass is 316 g/mol. The van der Waals surface area contributed by atoms with Crippen LogP contribution < -0.4 is 5.73 Å². The Kier molecular flexibility index (Phi) is 4.76. The van der Waals surface area contributed by atoms with Crippen LogP contribution in [-0.4, -0.2) is 61.4 Å². The number of hydrogen-bond acceptors (Lipinski definition) is 5. The summed E-state index contributed by atoms with van der Waals surface area (Å²) < 4.78 is 39.6. The van der Waals surface area contributed by atoms with Gasteiger partial charge < -0.3 is 10.9 Å². The molecule has 9 heteroatoms. The van der Waals surface area contributed by atoms with Gasteiger partial charge >= 0.3 is 0 Å². The fourth-order valence-electron chi connectivity index (χ4n) is 2.18. The Morgan fingerprint density at radius 1 is 1.29 bits per heavy atom. The second-order valence-electron chi connectivity index (χ2n) is 4.70. The first-order chi connectivity index (χ1) is 9.95. The van der Waals surface area contributed by atoms with Gasteiger partial charge in [-0.15, -0.1) is 0 Å². The smallest absolute Gasteiger partial charge is 0.246 e. The molecule has 0 spiro atoms. The van der Waals surface area contributed by atoms with E-state index in [0.717, 1.165) is 6.07 Å². The van der Waals surface area contributed by atoms with E-state index in [0.29, 0.717) is 13.1 Å². The number of amidine groups is 1. The van der Waals surface area contributed by atoms with Crippen molar-refractivity contribution in [3.05, 3.63) is 30.1 Å². The third kappa shape index (κ3) is 3.49. The minimum absolute atomic E-state index is 0.0698. The molecule has 3 N–H and O–H groups in total. The highest BCUT2D eigenvalue weighted by molar-refractivity contribution is 7.89. The summed E-state index contributed by atoms with van der Waals surface area (Å²) in [6, 6.07) is 5.32. The summed E-state index contributed by atoms with van der Waals surface area (Å²) in [5.74, 6) is -0.683. The van der Waals surface area contributed by atoms with E-state index in [9.17, 15) is 12.8 Å². The molecule has 2 rings (SSSR count). The lowest BCUT2D eigenvalue weighted by molar-refractivity contribution is 0.206. The van der Waals surface area contributed by atoms with Crippen molar-refractivity contribution in [3.8, 4) is 0 Å². The molecule has 0 unspecified atom stereocenters. The summed E-state index contributed by atoms with van der Waals surface area (Å²) in [5, 5.41) is 11.4. The Balaban J connectivity index is 2.07. The number of nitrogens with zero attached hydrogens (tertiary/aromatic N) is 3. The number of piperazine rings is 1. The van der Waals surface area contributed by atoms with Gasteiger partial charge in [-0.3, -0.25) is 4.90 Å². The quantitative estimate of drug-likeness (QED) is 0.349. The number of halogens is 1. The summed E-state index contributed by atoms with van der Waals surface area (Å²) >= 11 is 0. The predicted octanol–water partition coefficient (Wildman–Crippen LogP) is -0.122. The molecule has 116 valence electrons. The molecule has 1 aromatic carbocycles. The fraction of sp³-hybridized carbons (Fsp3) is 0.417. The lowest BCUT2D eigenvalue weighted by Gasteiger charge is -2.33. The zero-order chi connectivity index (χ0) is 15.5. The Morgan fingerprint density at radius 2 is 1.90 bits per heavy atom. The standard InChI is InChI=1S/C12H17FN4O3S/c13-10-3-1-2-4-11(10)21(19,20)17-7-5-16(6-8-17)9-12(14)15-18/h1-4,18H,5-9H2,(H2,14,15). The summed E-state index contributed by atoms with van der Waals surface area (Å²) in [6.07, 6.45) is 0. The molecule has 0 bridgehead atoms. The van der Waals surface area contributed by atoms with Gasteiger partial charge in [0.1, 0.15) is 10.7 Å². The van der Waals surface area contributed by atoms with Gasteiger partial charge in [0, 0.05) is 26.2 Å². The first kappa shape index (κ1) is 15.7. The molecule has 0 amide bonds. The van der Waals surface area contributed by atoms with Crippen LogP contribution in [0.1, 0.15) is 0 Å². The average molecular weight is 316 g/mol. The Labute approximate surface area is 122 Å². The molecule has 1 aromatic rings. The number of benzene rings is 1. The van der Waals surface area contributed by atoms with Gasteiger partial charge in [-0.25, -0.2) is 12.8 Å². The van der Waals surface area contributed by atoms with Gasteiger partial charge in [0.25, 0.3) is 0 Å². The molecule has 0 atom stereocenters. The van der Waals surface area contributed by atoms with Gasteiger partial charge in [0.2, 0.25) is 10.0 Å². The van der Waals surface area contributed by atoms with Crippen molar-refractivity contribution in [3.63, 3.8) is 0 Å². The zero-order valence-corrected chi connectivity index (χ0v) is 12.1. The topological polar surface area (TPSA) is 99.2 Å².